The van der Waals surface area contributed by atoms with Gasteiger partial charge in [-0.15, -0.1) is 0 Å². The minimum atomic E-state index is -1.58. The Hall–Kier alpha value is -2.90. The average Bonchev–Trinajstić information content (AvgIpc) is 3.38. The second-order valence-corrected chi connectivity index (χ2v) is 19.9. The van der Waals surface area contributed by atoms with E-state index in [2.05, 4.69) is 79.9 Å². The molecule has 0 radical (unpaired) electrons. The first-order chi connectivity index (χ1) is 35.2. The topological polar surface area (TPSA) is 175 Å². The van der Waals surface area contributed by atoms with Crippen molar-refractivity contribution in [3.63, 3.8) is 0 Å². The molecule has 0 aromatic carbocycles. The van der Waals surface area contributed by atoms with Gasteiger partial charge in [0.15, 0.2) is 6.29 Å². The predicted octanol–water partition coefficient (Wildman–Crippen LogP) is 13.2. The number of hydrogen-bond acceptors (Lipinski definition) is 10. The summed E-state index contributed by atoms with van der Waals surface area (Å²) in [6.45, 7) is 4.13. The number of aliphatic hydroxyl groups is 5. The minimum Gasteiger partial charge on any atom is -0.466 e. The van der Waals surface area contributed by atoms with Crippen LogP contribution >= 0.6 is 0 Å². The van der Waals surface area contributed by atoms with Crippen LogP contribution in [0.1, 0.15) is 239 Å². The summed E-state index contributed by atoms with van der Waals surface area (Å²) in [5.74, 6) is -0.229. The molecule has 0 saturated carbocycles. The van der Waals surface area contributed by atoms with Gasteiger partial charge in [-0.25, -0.2) is 0 Å². The van der Waals surface area contributed by atoms with Gasteiger partial charge in [0.2, 0.25) is 5.91 Å². The summed E-state index contributed by atoms with van der Waals surface area (Å²) in [6, 6.07) is -0.843. The monoisotopic (exact) mass is 1010 g/mol. The zero-order valence-corrected chi connectivity index (χ0v) is 45.6. The van der Waals surface area contributed by atoms with E-state index in [1.807, 2.05) is 6.08 Å². The van der Waals surface area contributed by atoms with Crippen molar-refractivity contribution in [1.82, 2.24) is 5.32 Å². The molecule has 7 atom stereocenters. The van der Waals surface area contributed by atoms with Crippen molar-refractivity contribution >= 4 is 11.9 Å². The van der Waals surface area contributed by atoms with Crippen LogP contribution in [0.15, 0.2) is 72.9 Å². The van der Waals surface area contributed by atoms with Crippen molar-refractivity contribution in [3.8, 4) is 0 Å². The van der Waals surface area contributed by atoms with E-state index in [0.29, 0.717) is 25.9 Å². The number of allylic oxidation sites excluding steroid dienone is 11. The van der Waals surface area contributed by atoms with Crippen LogP contribution in [0.4, 0.5) is 0 Å². The lowest BCUT2D eigenvalue weighted by Crippen LogP contribution is -2.60. The first kappa shape index (κ1) is 67.1. The third-order valence-electron chi connectivity index (χ3n) is 13.3. The highest BCUT2D eigenvalue weighted by atomic mass is 16.7. The lowest BCUT2D eigenvalue weighted by Gasteiger charge is -2.40. The number of unbranched alkanes of at least 4 members (excludes halogenated alkanes) is 25. The Morgan fingerprint density at radius 1 is 0.528 bits per heavy atom. The van der Waals surface area contributed by atoms with Gasteiger partial charge >= 0.3 is 5.97 Å². The van der Waals surface area contributed by atoms with Gasteiger partial charge in [0.25, 0.3) is 0 Å². The standard InChI is InChI=1S/C61H107NO10/c1-3-5-7-9-11-13-28-33-37-41-45-49-57(66)70-50-46-42-38-34-30-27-25-23-21-19-17-15-16-18-20-22-24-26-29-32-36-40-44-48-56(65)62-53(52-71-61-60(69)59(68)58(67)55(51-63)72-61)54(64)47-43-39-35-31-14-12-10-8-6-4-2/h6,8-9,11,14-15,17-18,20,31,43,47,53-55,58-61,63-64,67-69H,3-5,7,10,12-13,16,19,21-30,32-42,44-46,48-52H2,1-2H3,(H,62,65)/b8-6+,11-9-,17-15-,20-18-,31-14+,47-43+. The fourth-order valence-corrected chi connectivity index (χ4v) is 8.60. The molecule has 72 heavy (non-hydrogen) atoms. The van der Waals surface area contributed by atoms with Gasteiger partial charge < -0.3 is 45.1 Å². The van der Waals surface area contributed by atoms with Gasteiger partial charge in [0, 0.05) is 12.8 Å². The molecule has 0 spiro atoms. The maximum atomic E-state index is 13.0. The Morgan fingerprint density at radius 3 is 1.53 bits per heavy atom. The molecule has 1 heterocycles. The SMILES string of the molecule is CC/C=C/CC/C=C/CC/C=C/C(O)C(COC1OC(CO)C(O)C(O)C1O)NC(=O)CCCCCCCCC/C=C\C/C=C\CCCCCCCCCCCOC(=O)CCCCCCC/C=C\CCCC. The van der Waals surface area contributed by atoms with Crippen LogP contribution in [-0.4, -0.2) is 100 Å². The van der Waals surface area contributed by atoms with E-state index < -0.39 is 49.5 Å². The van der Waals surface area contributed by atoms with Crippen LogP contribution in [-0.2, 0) is 23.8 Å². The van der Waals surface area contributed by atoms with Crippen molar-refractivity contribution in [1.29, 1.82) is 0 Å². The molecule has 0 aromatic rings. The molecule has 416 valence electrons. The molecule has 7 unspecified atom stereocenters. The largest absolute Gasteiger partial charge is 0.466 e. The van der Waals surface area contributed by atoms with Gasteiger partial charge in [-0.05, 0) is 103 Å². The number of amides is 1. The first-order valence-electron chi connectivity index (χ1n) is 29.2. The molecule has 6 N–H and O–H groups in total. The van der Waals surface area contributed by atoms with Gasteiger partial charge in [-0.3, -0.25) is 9.59 Å². The molecule has 1 aliphatic rings. The Kier molecular flexibility index (Phi) is 46.9. The molecule has 1 saturated heterocycles. The van der Waals surface area contributed by atoms with E-state index in [9.17, 15) is 35.1 Å². The van der Waals surface area contributed by atoms with E-state index in [4.69, 9.17) is 14.2 Å². The molecular formula is C61H107NO10. The molecule has 11 nitrogen and oxygen atoms in total. The molecular weight excluding hydrogens is 907 g/mol. The van der Waals surface area contributed by atoms with Crippen molar-refractivity contribution in [2.24, 2.45) is 0 Å². The normalized spacial score (nSPS) is 19.6. The van der Waals surface area contributed by atoms with Crippen molar-refractivity contribution in [2.45, 2.75) is 281 Å². The van der Waals surface area contributed by atoms with Crippen molar-refractivity contribution in [2.75, 3.05) is 19.8 Å². The van der Waals surface area contributed by atoms with Crippen LogP contribution in [0.5, 0.6) is 0 Å². The van der Waals surface area contributed by atoms with E-state index in [1.165, 1.54) is 109 Å². The summed E-state index contributed by atoms with van der Waals surface area (Å²) in [4.78, 5) is 25.0. The highest BCUT2D eigenvalue weighted by molar-refractivity contribution is 5.76. The van der Waals surface area contributed by atoms with Crippen molar-refractivity contribution in [3.05, 3.63) is 72.9 Å². The summed E-state index contributed by atoms with van der Waals surface area (Å²) >= 11 is 0. The fraction of sp³-hybridized carbons (Fsp3) is 0.770. The second-order valence-electron chi connectivity index (χ2n) is 19.9. The van der Waals surface area contributed by atoms with Crippen LogP contribution in [0.3, 0.4) is 0 Å². The summed E-state index contributed by atoms with van der Waals surface area (Å²) < 4.78 is 16.6. The third-order valence-corrected chi connectivity index (χ3v) is 13.3. The highest BCUT2D eigenvalue weighted by Gasteiger charge is 2.44. The molecule has 0 bridgehead atoms. The maximum Gasteiger partial charge on any atom is 0.305 e. The summed E-state index contributed by atoms with van der Waals surface area (Å²) in [7, 11) is 0. The summed E-state index contributed by atoms with van der Waals surface area (Å²) in [6.07, 6.45) is 55.8. The second kappa shape index (κ2) is 50.3. The number of nitrogens with one attached hydrogen (secondary N) is 1. The minimum absolute atomic E-state index is 0.0179. The fourth-order valence-electron chi connectivity index (χ4n) is 8.60. The van der Waals surface area contributed by atoms with E-state index in [0.717, 1.165) is 96.3 Å². The zero-order chi connectivity index (χ0) is 52.4. The zero-order valence-electron chi connectivity index (χ0n) is 45.6. The molecule has 1 aliphatic heterocycles. The maximum absolute atomic E-state index is 13.0. The number of rotatable bonds is 49. The Labute approximate surface area is 439 Å². The quantitative estimate of drug-likeness (QED) is 0.0195. The lowest BCUT2D eigenvalue weighted by molar-refractivity contribution is -0.302. The molecule has 1 amide bonds. The van der Waals surface area contributed by atoms with Gasteiger partial charge in [-0.1, -0.05) is 196 Å². The summed E-state index contributed by atoms with van der Waals surface area (Å²) in [5.41, 5.74) is 0. The lowest BCUT2D eigenvalue weighted by atomic mass is 9.99. The molecule has 1 rings (SSSR count). The molecule has 11 heteroatoms. The van der Waals surface area contributed by atoms with Gasteiger partial charge in [-0.2, -0.15) is 0 Å². The molecule has 0 aliphatic carbocycles. The predicted molar refractivity (Wildman–Crippen MR) is 296 cm³/mol. The number of ether oxygens (including phenoxy) is 3. The van der Waals surface area contributed by atoms with Gasteiger partial charge in [0.1, 0.15) is 24.4 Å². The number of hydrogen-bond donors (Lipinski definition) is 6. The first-order valence-corrected chi connectivity index (χ1v) is 29.2. The van der Waals surface area contributed by atoms with E-state index in [1.54, 1.807) is 6.08 Å². The number of carbonyl (C=O) groups excluding carboxylic acids is 2. The van der Waals surface area contributed by atoms with Crippen LogP contribution in [0.2, 0.25) is 0 Å². The number of esters is 1. The van der Waals surface area contributed by atoms with E-state index in [-0.39, 0.29) is 18.5 Å². The molecule has 1 fully saturated rings. The summed E-state index contributed by atoms with van der Waals surface area (Å²) in [5, 5.41) is 54.2. The van der Waals surface area contributed by atoms with Crippen LogP contribution in [0, 0.1) is 0 Å². The van der Waals surface area contributed by atoms with Crippen LogP contribution < -0.4 is 5.32 Å². The average molecular weight is 1010 g/mol. The van der Waals surface area contributed by atoms with Crippen LogP contribution in [0.25, 0.3) is 0 Å². The van der Waals surface area contributed by atoms with Gasteiger partial charge in [0.05, 0.1) is 32.0 Å². The van der Waals surface area contributed by atoms with Crippen molar-refractivity contribution < 1.29 is 49.3 Å². The third kappa shape index (κ3) is 39.5. The Balaban J connectivity index is 2.07. The highest BCUT2D eigenvalue weighted by Crippen LogP contribution is 2.23. The van der Waals surface area contributed by atoms with E-state index >= 15 is 0 Å². The molecule has 0 aromatic heterocycles. The Morgan fingerprint density at radius 2 is 0.986 bits per heavy atom. The Bertz CT molecular complexity index is 1430. The smallest absolute Gasteiger partial charge is 0.305 e. The number of aliphatic hydroxyl groups excluding tert-OH is 5. The number of carbonyl (C=O) groups is 2.